The van der Waals surface area contributed by atoms with Crippen molar-refractivity contribution in [2.45, 2.75) is 19.4 Å². The zero-order valence-corrected chi connectivity index (χ0v) is 18.8. The second kappa shape index (κ2) is 10.0. The predicted octanol–water partition coefficient (Wildman–Crippen LogP) is 2.98. The molecule has 0 saturated carbocycles. The number of nitrogens with zero attached hydrogens (tertiary/aromatic N) is 4. The van der Waals surface area contributed by atoms with Crippen LogP contribution in [-0.4, -0.2) is 45.9 Å². The largest absolute Gasteiger partial charge is 0.457 e. The molecule has 2 amide bonds. The minimum atomic E-state index is -0.0991. The standard InChI is InChI=1S/C25H26N6O3/c1-3-22(33)30-14-13-19(15-30)31-17(2)23(25(26)28-27-16-32)24(29-31)18-9-11-21(12-10-18)34-20-7-5-4-6-8-20/h3-12,16,19H,1,13-15H2,2H3,(H2,26,28)(H,27,32). The van der Waals surface area contributed by atoms with Crippen LogP contribution in [0.1, 0.15) is 23.7 Å². The second-order valence-corrected chi connectivity index (χ2v) is 7.87. The molecule has 1 aromatic heterocycles. The maximum Gasteiger partial charge on any atom is 0.246 e. The third-order valence-electron chi connectivity index (χ3n) is 5.75. The van der Waals surface area contributed by atoms with E-state index in [0.29, 0.717) is 36.5 Å². The molecule has 1 aliphatic rings. The first-order chi connectivity index (χ1) is 16.5. The van der Waals surface area contributed by atoms with Crippen LogP contribution in [-0.2, 0) is 9.59 Å². The van der Waals surface area contributed by atoms with E-state index in [1.165, 1.54) is 6.08 Å². The molecule has 174 valence electrons. The summed E-state index contributed by atoms with van der Waals surface area (Å²) in [4.78, 5) is 24.6. The van der Waals surface area contributed by atoms with Crippen LogP contribution >= 0.6 is 0 Å². The van der Waals surface area contributed by atoms with Gasteiger partial charge in [-0.05, 0) is 55.8 Å². The van der Waals surface area contributed by atoms with Crippen LogP contribution in [0, 0.1) is 6.92 Å². The van der Waals surface area contributed by atoms with Crippen molar-refractivity contribution in [3.63, 3.8) is 0 Å². The molecule has 0 spiro atoms. The number of nitrogens with one attached hydrogen (secondary N) is 1. The smallest absolute Gasteiger partial charge is 0.246 e. The molecule has 9 nitrogen and oxygen atoms in total. The highest BCUT2D eigenvalue weighted by Gasteiger charge is 2.30. The average Bonchev–Trinajstić information content (AvgIpc) is 3.48. The lowest BCUT2D eigenvalue weighted by Crippen LogP contribution is -2.27. The Bertz CT molecular complexity index is 1220. The van der Waals surface area contributed by atoms with E-state index in [-0.39, 0.29) is 17.8 Å². The normalized spacial score (nSPS) is 15.7. The molecule has 0 aliphatic carbocycles. The van der Waals surface area contributed by atoms with Crippen LogP contribution in [0.2, 0.25) is 0 Å². The summed E-state index contributed by atoms with van der Waals surface area (Å²) in [6.45, 7) is 6.63. The fourth-order valence-corrected chi connectivity index (χ4v) is 4.11. The Labute approximate surface area is 197 Å². The maximum atomic E-state index is 12.0. The third kappa shape index (κ3) is 4.68. The van der Waals surface area contributed by atoms with E-state index in [1.807, 2.05) is 66.2 Å². The van der Waals surface area contributed by atoms with Crippen LogP contribution in [0.3, 0.4) is 0 Å². The number of rotatable bonds is 8. The van der Waals surface area contributed by atoms with Gasteiger partial charge in [0.25, 0.3) is 0 Å². The number of likely N-dealkylation sites (tertiary alicyclic amines) is 1. The fraction of sp³-hybridized carbons (Fsp3) is 0.200. The number of hydrazone groups is 1. The third-order valence-corrected chi connectivity index (χ3v) is 5.75. The number of hydrogen-bond donors (Lipinski definition) is 2. The van der Waals surface area contributed by atoms with Gasteiger partial charge in [0.1, 0.15) is 17.2 Å². The number of benzene rings is 2. The Hall–Kier alpha value is -4.40. The van der Waals surface area contributed by atoms with Crippen LogP contribution in [0.25, 0.3) is 11.3 Å². The Morgan fingerprint density at radius 3 is 2.59 bits per heavy atom. The maximum absolute atomic E-state index is 12.0. The van der Waals surface area contributed by atoms with E-state index in [9.17, 15) is 9.59 Å². The summed E-state index contributed by atoms with van der Waals surface area (Å²) in [5.41, 5.74) is 11.4. The van der Waals surface area contributed by atoms with Gasteiger partial charge in [0.2, 0.25) is 12.3 Å². The monoisotopic (exact) mass is 458 g/mol. The number of carbonyl (C=O) groups excluding carboxylic acids is 2. The van der Waals surface area contributed by atoms with Crippen molar-refractivity contribution in [1.82, 2.24) is 20.1 Å². The van der Waals surface area contributed by atoms with Gasteiger partial charge < -0.3 is 15.4 Å². The lowest BCUT2D eigenvalue weighted by Gasteiger charge is -2.15. The SMILES string of the molecule is C=CC(=O)N1CCC(n2nc(-c3ccc(Oc4ccccc4)cc3)c(/C(N)=N\NC=O)c2C)C1. The molecule has 1 unspecified atom stereocenters. The van der Waals surface area contributed by atoms with Crippen LogP contribution in [0.4, 0.5) is 0 Å². The zero-order chi connectivity index (χ0) is 24.1. The highest BCUT2D eigenvalue weighted by Crippen LogP contribution is 2.32. The first-order valence-electron chi connectivity index (χ1n) is 10.9. The van der Waals surface area contributed by atoms with Crippen molar-refractivity contribution < 1.29 is 14.3 Å². The summed E-state index contributed by atoms with van der Waals surface area (Å²) in [5.74, 6) is 1.48. The lowest BCUT2D eigenvalue weighted by molar-refractivity contribution is -0.125. The van der Waals surface area contributed by atoms with Crippen molar-refractivity contribution in [2.75, 3.05) is 13.1 Å². The minimum Gasteiger partial charge on any atom is -0.457 e. The Kier molecular flexibility index (Phi) is 6.72. The molecule has 2 aromatic carbocycles. The van der Waals surface area contributed by atoms with Crippen LogP contribution < -0.4 is 15.9 Å². The number of amides is 2. The first-order valence-corrected chi connectivity index (χ1v) is 10.9. The number of nitrogens with two attached hydrogens (primary N) is 1. The molecule has 1 saturated heterocycles. The molecule has 1 atom stereocenters. The Morgan fingerprint density at radius 1 is 1.21 bits per heavy atom. The van der Waals surface area contributed by atoms with Crippen molar-refractivity contribution in [2.24, 2.45) is 10.8 Å². The minimum absolute atomic E-state index is 0.0103. The zero-order valence-electron chi connectivity index (χ0n) is 18.8. The lowest BCUT2D eigenvalue weighted by atomic mass is 10.1. The number of amidine groups is 1. The van der Waals surface area contributed by atoms with Crippen molar-refractivity contribution in [3.8, 4) is 22.8 Å². The molecule has 1 aliphatic heterocycles. The summed E-state index contributed by atoms with van der Waals surface area (Å²) < 4.78 is 7.77. The summed E-state index contributed by atoms with van der Waals surface area (Å²) >= 11 is 0. The van der Waals surface area contributed by atoms with Crippen molar-refractivity contribution >= 4 is 18.2 Å². The van der Waals surface area contributed by atoms with Gasteiger partial charge in [0.05, 0.1) is 11.6 Å². The molecule has 3 N–H and O–H groups in total. The van der Waals surface area contributed by atoms with Gasteiger partial charge in [-0.1, -0.05) is 24.8 Å². The van der Waals surface area contributed by atoms with E-state index in [0.717, 1.165) is 23.4 Å². The predicted molar refractivity (Wildman–Crippen MR) is 129 cm³/mol. The number of hydrogen-bond acceptors (Lipinski definition) is 5. The molecule has 1 fully saturated rings. The summed E-state index contributed by atoms with van der Waals surface area (Å²) in [6, 6.07) is 17.0. The topological polar surface area (TPSA) is 115 Å². The molecule has 9 heteroatoms. The van der Waals surface area contributed by atoms with Gasteiger partial charge in [-0.25, -0.2) is 5.43 Å². The highest BCUT2D eigenvalue weighted by molar-refractivity contribution is 6.03. The quantitative estimate of drug-likeness (QED) is 0.177. The molecular weight excluding hydrogens is 432 g/mol. The number of ether oxygens (including phenoxy) is 1. The number of carbonyl (C=O) groups is 2. The van der Waals surface area contributed by atoms with Gasteiger partial charge in [-0.15, -0.1) is 0 Å². The van der Waals surface area contributed by atoms with E-state index in [1.54, 1.807) is 4.90 Å². The number of para-hydroxylation sites is 1. The van der Waals surface area contributed by atoms with E-state index >= 15 is 0 Å². The molecule has 4 rings (SSSR count). The highest BCUT2D eigenvalue weighted by atomic mass is 16.5. The molecular formula is C25H26N6O3. The first kappa shape index (κ1) is 22.8. The molecule has 34 heavy (non-hydrogen) atoms. The molecule has 3 aromatic rings. The molecule has 0 bridgehead atoms. The van der Waals surface area contributed by atoms with Gasteiger partial charge >= 0.3 is 0 Å². The average molecular weight is 459 g/mol. The van der Waals surface area contributed by atoms with Gasteiger partial charge in [-0.2, -0.15) is 10.2 Å². The second-order valence-electron chi connectivity index (χ2n) is 7.87. The van der Waals surface area contributed by atoms with E-state index < -0.39 is 0 Å². The Morgan fingerprint density at radius 2 is 1.91 bits per heavy atom. The van der Waals surface area contributed by atoms with Crippen LogP contribution in [0.5, 0.6) is 11.5 Å². The fourth-order valence-electron chi connectivity index (χ4n) is 4.11. The van der Waals surface area contributed by atoms with Gasteiger partial charge in [0, 0.05) is 24.3 Å². The van der Waals surface area contributed by atoms with E-state index in [4.69, 9.17) is 15.6 Å². The number of aromatic nitrogens is 2. The molecule has 0 radical (unpaired) electrons. The Balaban J connectivity index is 1.68. The van der Waals surface area contributed by atoms with Crippen molar-refractivity contribution in [1.29, 1.82) is 0 Å². The van der Waals surface area contributed by atoms with Crippen LogP contribution in [0.15, 0.2) is 72.4 Å². The van der Waals surface area contributed by atoms with E-state index in [2.05, 4.69) is 17.1 Å². The molecule has 2 heterocycles. The van der Waals surface area contributed by atoms with Crippen molar-refractivity contribution in [3.05, 3.63) is 78.5 Å². The van der Waals surface area contributed by atoms with Gasteiger partial charge in [0.15, 0.2) is 5.84 Å². The summed E-state index contributed by atoms with van der Waals surface area (Å²) in [7, 11) is 0. The summed E-state index contributed by atoms with van der Waals surface area (Å²) in [5, 5.41) is 8.81. The van der Waals surface area contributed by atoms with Gasteiger partial charge in [-0.3, -0.25) is 14.3 Å². The summed E-state index contributed by atoms with van der Waals surface area (Å²) in [6.07, 6.45) is 2.54.